The van der Waals surface area contributed by atoms with E-state index in [-0.39, 0.29) is 5.78 Å². The van der Waals surface area contributed by atoms with Crippen LogP contribution in [-0.2, 0) is 0 Å². The molecule has 0 atom stereocenters. The first-order valence-electron chi connectivity index (χ1n) is 7.03. The summed E-state index contributed by atoms with van der Waals surface area (Å²) >= 11 is 9.46. The molecule has 1 saturated heterocycles. The van der Waals surface area contributed by atoms with Gasteiger partial charge in [-0.2, -0.15) is 0 Å². The van der Waals surface area contributed by atoms with E-state index in [2.05, 4.69) is 32.7 Å². The highest BCUT2D eigenvalue weighted by atomic mass is 79.9. The highest BCUT2D eigenvalue weighted by Gasteiger charge is 2.17. The number of hydrogen-bond donors (Lipinski definition) is 0. The lowest BCUT2D eigenvalue weighted by Gasteiger charge is -2.33. The van der Waals surface area contributed by atoms with Gasteiger partial charge >= 0.3 is 0 Å². The molecule has 0 radical (unpaired) electrons. The minimum atomic E-state index is 0.125. The second-order valence-corrected chi connectivity index (χ2v) is 6.40. The van der Waals surface area contributed by atoms with E-state index in [4.69, 9.17) is 11.6 Å². The lowest BCUT2D eigenvalue weighted by atomic mass is 10.1. The Hall–Kier alpha value is -0.420. The highest BCUT2D eigenvalue weighted by molar-refractivity contribution is 9.10. The highest BCUT2D eigenvalue weighted by Crippen LogP contribution is 2.22. The average Bonchev–Trinajstić information content (AvgIpc) is 2.45. The van der Waals surface area contributed by atoms with E-state index >= 15 is 0 Å². The Balaban J connectivity index is 1.83. The van der Waals surface area contributed by atoms with Gasteiger partial charge in [-0.05, 0) is 24.7 Å². The Bertz CT molecular complexity index is 473. The maximum atomic E-state index is 12.2. The lowest BCUT2D eigenvalue weighted by Crippen LogP contribution is -2.46. The number of rotatable bonds is 5. The Kier molecular flexibility index (Phi) is 6.02. The summed E-state index contributed by atoms with van der Waals surface area (Å²) < 4.78 is 0.898. The first-order valence-corrected chi connectivity index (χ1v) is 8.20. The Morgan fingerprint density at radius 3 is 2.50 bits per heavy atom. The summed E-state index contributed by atoms with van der Waals surface area (Å²) in [5.74, 6) is 0.125. The van der Waals surface area contributed by atoms with E-state index in [0.717, 1.165) is 43.7 Å². The Labute approximate surface area is 134 Å². The summed E-state index contributed by atoms with van der Waals surface area (Å²) in [5.41, 5.74) is 0.627. The fourth-order valence-corrected chi connectivity index (χ4v) is 3.22. The molecule has 1 heterocycles. The van der Waals surface area contributed by atoms with Crippen molar-refractivity contribution in [3.63, 3.8) is 0 Å². The number of piperazine rings is 1. The van der Waals surface area contributed by atoms with Gasteiger partial charge in [-0.3, -0.25) is 4.79 Å². The van der Waals surface area contributed by atoms with Gasteiger partial charge in [-0.1, -0.05) is 34.5 Å². The molecule has 0 amide bonds. The van der Waals surface area contributed by atoms with Gasteiger partial charge in [0.15, 0.2) is 5.78 Å². The molecule has 0 saturated carbocycles. The molecule has 3 nitrogen and oxygen atoms in total. The van der Waals surface area contributed by atoms with Gasteiger partial charge < -0.3 is 9.80 Å². The molecule has 0 aliphatic carbocycles. The number of hydrogen-bond acceptors (Lipinski definition) is 3. The number of carbonyl (C=O) groups excluding carboxylic acids is 1. The second-order valence-electron chi connectivity index (χ2n) is 5.07. The minimum Gasteiger partial charge on any atom is -0.301 e. The molecule has 0 N–H and O–H groups in total. The zero-order valence-corrected chi connectivity index (χ0v) is 14.1. The number of carbonyl (C=O) groups is 1. The summed E-state index contributed by atoms with van der Waals surface area (Å²) in [7, 11) is 0. The van der Waals surface area contributed by atoms with Crippen LogP contribution in [0.25, 0.3) is 0 Å². The average molecular weight is 360 g/mol. The number of benzene rings is 1. The maximum Gasteiger partial charge on any atom is 0.165 e. The van der Waals surface area contributed by atoms with Gasteiger partial charge in [0.25, 0.3) is 0 Å². The van der Waals surface area contributed by atoms with E-state index < -0.39 is 0 Å². The molecular formula is C15H20BrClN2O. The van der Waals surface area contributed by atoms with E-state index in [1.54, 1.807) is 12.1 Å². The van der Waals surface area contributed by atoms with Crippen LogP contribution in [0.1, 0.15) is 23.7 Å². The third kappa shape index (κ3) is 4.29. The first kappa shape index (κ1) is 16.0. The standard InChI is InChI=1S/C15H20BrClN2O/c1-2-18-7-9-19(10-8-18)6-5-15(20)13-4-3-12(16)11-14(13)17/h3-4,11H,2,5-10H2,1H3. The van der Waals surface area contributed by atoms with E-state index in [0.29, 0.717) is 17.0 Å². The molecular weight excluding hydrogens is 340 g/mol. The quantitative estimate of drug-likeness (QED) is 0.754. The second kappa shape index (κ2) is 7.55. The third-order valence-corrected chi connectivity index (χ3v) is 4.60. The van der Waals surface area contributed by atoms with Gasteiger partial charge in [-0.15, -0.1) is 0 Å². The van der Waals surface area contributed by atoms with Crippen molar-refractivity contribution in [3.8, 4) is 0 Å². The largest absolute Gasteiger partial charge is 0.301 e. The molecule has 0 spiro atoms. The van der Waals surface area contributed by atoms with Crippen molar-refractivity contribution in [3.05, 3.63) is 33.3 Å². The van der Waals surface area contributed by atoms with Crippen LogP contribution in [0.3, 0.4) is 0 Å². The number of Topliss-reactive ketones (excluding diaryl/α,β-unsaturated/α-hetero) is 1. The van der Waals surface area contributed by atoms with Crippen molar-refractivity contribution in [2.24, 2.45) is 0 Å². The van der Waals surface area contributed by atoms with Gasteiger partial charge in [0.2, 0.25) is 0 Å². The van der Waals surface area contributed by atoms with Crippen LogP contribution in [0.15, 0.2) is 22.7 Å². The molecule has 20 heavy (non-hydrogen) atoms. The maximum absolute atomic E-state index is 12.2. The summed E-state index contributed by atoms with van der Waals surface area (Å²) in [6.07, 6.45) is 0.535. The van der Waals surface area contributed by atoms with Gasteiger partial charge in [-0.25, -0.2) is 0 Å². The molecule has 0 unspecified atom stereocenters. The van der Waals surface area contributed by atoms with Crippen molar-refractivity contribution in [1.82, 2.24) is 9.80 Å². The van der Waals surface area contributed by atoms with Gasteiger partial charge in [0, 0.05) is 49.2 Å². The lowest BCUT2D eigenvalue weighted by molar-refractivity contribution is 0.0932. The molecule has 1 aromatic rings. The van der Waals surface area contributed by atoms with Crippen LogP contribution in [0.5, 0.6) is 0 Å². The Morgan fingerprint density at radius 2 is 1.90 bits per heavy atom. The van der Waals surface area contributed by atoms with Crippen LogP contribution in [0.2, 0.25) is 5.02 Å². The fraction of sp³-hybridized carbons (Fsp3) is 0.533. The van der Waals surface area contributed by atoms with Crippen LogP contribution >= 0.6 is 27.5 Å². The molecule has 110 valence electrons. The van der Waals surface area contributed by atoms with Crippen molar-refractivity contribution in [1.29, 1.82) is 0 Å². The van der Waals surface area contributed by atoms with E-state index in [1.807, 2.05) is 6.07 Å². The number of halogens is 2. The summed E-state index contributed by atoms with van der Waals surface area (Å²) in [5, 5.41) is 0.528. The van der Waals surface area contributed by atoms with Crippen LogP contribution in [0.4, 0.5) is 0 Å². The summed E-state index contributed by atoms with van der Waals surface area (Å²) in [4.78, 5) is 17.0. The zero-order chi connectivity index (χ0) is 14.5. The zero-order valence-electron chi connectivity index (χ0n) is 11.7. The Morgan fingerprint density at radius 1 is 1.25 bits per heavy atom. The topological polar surface area (TPSA) is 23.6 Å². The third-order valence-electron chi connectivity index (χ3n) is 3.80. The number of nitrogens with zero attached hydrogens (tertiary/aromatic N) is 2. The van der Waals surface area contributed by atoms with Crippen molar-refractivity contribution >= 4 is 33.3 Å². The van der Waals surface area contributed by atoms with Crippen molar-refractivity contribution in [2.45, 2.75) is 13.3 Å². The van der Waals surface area contributed by atoms with E-state index in [1.165, 1.54) is 0 Å². The molecule has 5 heteroatoms. The van der Waals surface area contributed by atoms with Gasteiger partial charge in [0.05, 0.1) is 5.02 Å². The predicted molar refractivity (Wildman–Crippen MR) is 86.7 cm³/mol. The van der Waals surface area contributed by atoms with E-state index in [9.17, 15) is 4.79 Å². The van der Waals surface area contributed by atoms with Crippen molar-refractivity contribution < 1.29 is 4.79 Å². The molecule has 2 rings (SSSR count). The first-order chi connectivity index (χ1) is 9.60. The summed E-state index contributed by atoms with van der Waals surface area (Å²) in [6, 6.07) is 5.43. The van der Waals surface area contributed by atoms with Crippen LogP contribution in [0, 0.1) is 0 Å². The molecule has 1 aliphatic rings. The smallest absolute Gasteiger partial charge is 0.165 e. The molecule has 0 aromatic heterocycles. The molecule has 1 aliphatic heterocycles. The fourth-order valence-electron chi connectivity index (χ4n) is 2.44. The molecule has 1 aromatic carbocycles. The van der Waals surface area contributed by atoms with Gasteiger partial charge in [0.1, 0.15) is 0 Å². The molecule has 1 fully saturated rings. The SMILES string of the molecule is CCN1CCN(CCC(=O)c2ccc(Br)cc2Cl)CC1. The predicted octanol–water partition coefficient (Wildman–Crippen LogP) is 3.31. The van der Waals surface area contributed by atoms with Crippen LogP contribution in [-0.4, -0.2) is 54.9 Å². The normalized spacial score (nSPS) is 17.4. The van der Waals surface area contributed by atoms with Crippen molar-refractivity contribution in [2.75, 3.05) is 39.3 Å². The monoisotopic (exact) mass is 358 g/mol. The minimum absolute atomic E-state index is 0.125. The number of likely N-dealkylation sites (N-methyl/N-ethyl adjacent to an activating group) is 1. The van der Waals surface area contributed by atoms with Crippen LogP contribution < -0.4 is 0 Å². The molecule has 0 bridgehead atoms. The summed E-state index contributed by atoms with van der Waals surface area (Å²) in [6.45, 7) is 8.43. The number of ketones is 1.